The molecule has 0 atom stereocenters. The van der Waals surface area contributed by atoms with Gasteiger partial charge in [0, 0.05) is 11.6 Å². The van der Waals surface area contributed by atoms with Crippen molar-refractivity contribution in [2.24, 2.45) is 0 Å². The molecule has 0 aliphatic heterocycles. The molecule has 0 N–H and O–H groups in total. The zero-order chi connectivity index (χ0) is 15.5. The van der Waals surface area contributed by atoms with Gasteiger partial charge < -0.3 is 9.15 Å². The van der Waals surface area contributed by atoms with E-state index in [2.05, 4.69) is 4.74 Å². The SMILES string of the molecule is COC(=O)Cc1ccc(-c2cc(=O)c3ccccc3o2)cc1. The van der Waals surface area contributed by atoms with Crippen LogP contribution in [-0.2, 0) is 16.0 Å². The molecule has 0 aliphatic carbocycles. The maximum Gasteiger partial charge on any atom is 0.309 e. The van der Waals surface area contributed by atoms with E-state index >= 15 is 0 Å². The summed E-state index contributed by atoms with van der Waals surface area (Å²) < 4.78 is 10.4. The van der Waals surface area contributed by atoms with Crippen LogP contribution in [0.1, 0.15) is 5.56 Å². The Kier molecular flexibility index (Phi) is 3.74. The summed E-state index contributed by atoms with van der Waals surface area (Å²) in [5.74, 6) is 0.221. The molecule has 1 aromatic heterocycles. The number of methoxy groups -OCH3 is 1. The second-order valence-electron chi connectivity index (χ2n) is 4.92. The van der Waals surface area contributed by atoms with Crippen molar-refractivity contribution in [2.75, 3.05) is 7.11 Å². The van der Waals surface area contributed by atoms with Crippen molar-refractivity contribution in [1.82, 2.24) is 0 Å². The Bertz CT molecular complexity index is 875. The molecule has 0 aliphatic rings. The molecule has 0 amide bonds. The van der Waals surface area contributed by atoms with E-state index < -0.39 is 0 Å². The summed E-state index contributed by atoms with van der Waals surface area (Å²) in [6, 6.07) is 15.9. The van der Waals surface area contributed by atoms with Crippen LogP contribution >= 0.6 is 0 Å². The van der Waals surface area contributed by atoms with Gasteiger partial charge in [-0.15, -0.1) is 0 Å². The number of hydrogen-bond acceptors (Lipinski definition) is 4. The van der Waals surface area contributed by atoms with E-state index in [1.54, 1.807) is 18.2 Å². The largest absolute Gasteiger partial charge is 0.469 e. The highest BCUT2D eigenvalue weighted by Crippen LogP contribution is 2.22. The molecule has 0 bridgehead atoms. The first-order valence-corrected chi connectivity index (χ1v) is 6.86. The fraction of sp³-hybridized carbons (Fsp3) is 0.111. The van der Waals surface area contributed by atoms with Crippen molar-refractivity contribution in [2.45, 2.75) is 6.42 Å². The van der Waals surface area contributed by atoms with E-state index in [0.29, 0.717) is 16.7 Å². The molecule has 2 aromatic carbocycles. The number of fused-ring (bicyclic) bond motifs is 1. The zero-order valence-corrected chi connectivity index (χ0v) is 12.0. The Balaban J connectivity index is 1.97. The monoisotopic (exact) mass is 294 g/mol. The van der Waals surface area contributed by atoms with E-state index in [0.717, 1.165) is 11.1 Å². The Labute approximate surface area is 127 Å². The molecule has 22 heavy (non-hydrogen) atoms. The second kappa shape index (κ2) is 5.85. The van der Waals surface area contributed by atoms with Crippen molar-refractivity contribution < 1.29 is 13.9 Å². The van der Waals surface area contributed by atoms with E-state index in [9.17, 15) is 9.59 Å². The maximum atomic E-state index is 12.1. The number of carbonyl (C=O) groups excluding carboxylic acids is 1. The van der Waals surface area contributed by atoms with Crippen LogP contribution in [0.3, 0.4) is 0 Å². The van der Waals surface area contributed by atoms with Gasteiger partial charge in [0.25, 0.3) is 0 Å². The molecule has 0 spiro atoms. The lowest BCUT2D eigenvalue weighted by Gasteiger charge is -2.05. The van der Waals surface area contributed by atoms with Gasteiger partial charge >= 0.3 is 5.97 Å². The molecule has 0 saturated carbocycles. The minimum Gasteiger partial charge on any atom is -0.469 e. The summed E-state index contributed by atoms with van der Waals surface area (Å²) in [7, 11) is 1.36. The predicted octanol–water partition coefficient (Wildman–Crippen LogP) is 3.18. The summed E-state index contributed by atoms with van der Waals surface area (Å²) in [6.45, 7) is 0. The predicted molar refractivity (Wildman–Crippen MR) is 83.6 cm³/mol. The quantitative estimate of drug-likeness (QED) is 0.696. The van der Waals surface area contributed by atoms with Gasteiger partial charge in [0.1, 0.15) is 11.3 Å². The number of rotatable bonds is 3. The molecule has 4 heteroatoms. The fourth-order valence-electron chi connectivity index (χ4n) is 2.27. The molecule has 1 heterocycles. The lowest BCUT2D eigenvalue weighted by Crippen LogP contribution is -2.04. The summed E-state index contributed by atoms with van der Waals surface area (Å²) in [4.78, 5) is 23.3. The molecular formula is C18H14O4. The molecule has 3 rings (SSSR count). The average molecular weight is 294 g/mol. The summed E-state index contributed by atoms with van der Waals surface area (Å²) in [5.41, 5.74) is 2.12. The van der Waals surface area contributed by atoms with Gasteiger partial charge in [-0.3, -0.25) is 9.59 Å². The number of para-hydroxylation sites is 1. The van der Waals surface area contributed by atoms with E-state index in [4.69, 9.17) is 4.42 Å². The van der Waals surface area contributed by atoms with Crippen molar-refractivity contribution in [3.05, 3.63) is 70.4 Å². The molecule has 4 nitrogen and oxygen atoms in total. The van der Waals surface area contributed by atoms with Gasteiger partial charge in [-0.1, -0.05) is 36.4 Å². The minimum atomic E-state index is -0.287. The number of carbonyl (C=O) groups is 1. The molecule has 0 saturated heterocycles. The zero-order valence-electron chi connectivity index (χ0n) is 12.0. The lowest BCUT2D eigenvalue weighted by atomic mass is 10.1. The van der Waals surface area contributed by atoms with Crippen molar-refractivity contribution >= 4 is 16.9 Å². The first-order chi connectivity index (χ1) is 10.7. The minimum absolute atomic E-state index is 0.0736. The molecule has 0 fully saturated rings. The molecule has 110 valence electrons. The van der Waals surface area contributed by atoms with Crippen molar-refractivity contribution in [3.8, 4) is 11.3 Å². The topological polar surface area (TPSA) is 56.5 Å². The Morgan fingerprint density at radius 1 is 1.09 bits per heavy atom. The highest BCUT2D eigenvalue weighted by molar-refractivity contribution is 5.78. The fourth-order valence-corrected chi connectivity index (χ4v) is 2.27. The standard InChI is InChI=1S/C18H14O4/c1-21-18(20)10-12-6-8-13(9-7-12)17-11-15(19)14-4-2-3-5-16(14)22-17/h2-9,11H,10H2,1H3. The Morgan fingerprint density at radius 2 is 1.82 bits per heavy atom. The van der Waals surface area contributed by atoms with E-state index in [-0.39, 0.29) is 17.8 Å². The smallest absolute Gasteiger partial charge is 0.309 e. The highest BCUT2D eigenvalue weighted by atomic mass is 16.5. The van der Waals surface area contributed by atoms with Crippen LogP contribution in [-0.4, -0.2) is 13.1 Å². The van der Waals surface area contributed by atoms with Crippen LogP contribution in [0.25, 0.3) is 22.3 Å². The molecular weight excluding hydrogens is 280 g/mol. The summed E-state index contributed by atoms with van der Waals surface area (Å²) >= 11 is 0. The first-order valence-electron chi connectivity index (χ1n) is 6.86. The van der Waals surface area contributed by atoms with Crippen LogP contribution < -0.4 is 5.43 Å². The summed E-state index contributed by atoms with van der Waals surface area (Å²) in [6.07, 6.45) is 0.221. The third-order valence-corrected chi connectivity index (χ3v) is 3.45. The maximum absolute atomic E-state index is 12.1. The van der Waals surface area contributed by atoms with Gasteiger partial charge in [-0.05, 0) is 17.7 Å². The molecule has 3 aromatic rings. The van der Waals surface area contributed by atoms with Gasteiger partial charge in [-0.25, -0.2) is 0 Å². The average Bonchev–Trinajstić information content (AvgIpc) is 2.55. The number of hydrogen-bond donors (Lipinski definition) is 0. The van der Waals surface area contributed by atoms with Crippen LogP contribution in [0, 0.1) is 0 Å². The molecule has 0 radical (unpaired) electrons. The first kappa shape index (κ1) is 14.1. The number of benzene rings is 2. The Hall–Kier alpha value is -2.88. The van der Waals surface area contributed by atoms with Gasteiger partial charge in [0.15, 0.2) is 5.43 Å². The summed E-state index contributed by atoms with van der Waals surface area (Å²) in [5, 5.41) is 0.563. The van der Waals surface area contributed by atoms with Crippen LogP contribution in [0.4, 0.5) is 0 Å². The van der Waals surface area contributed by atoms with Crippen LogP contribution in [0.5, 0.6) is 0 Å². The van der Waals surface area contributed by atoms with Crippen LogP contribution in [0.15, 0.2) is 63.8 Å². The highest BCUT2D eigenvalue weighted by Gasteiger charge is 2.07. The third-order valence-electron chi connectivity index (χ3n) is 3.45. The third kappa shape index (κ3) is 2.76. The normalized spacial score (nSPS) is 10.6. The Morgan fingerprint density at radius 3 is 2.55 bits per heavy atom. The number of esters is 1. The van der Waals surface area contributed by atoms with E-state index in [1.165, 1.54) is 13.2 Å². The van der Waals surface area contributed by atoms with Crippen molar-refractivity contribution in [1.29, 1.82) is 0 Å². The van der Waals surface area contributed by atoms with Gasteiger partial charge in [0.05, 0.1) is 18.9 Å². The second-order valence-corrected chi connectivity index (χ2v) is 4.92. The van der Waals surface area contributed by atoms with Gasteiger partial charge in [0.2, 0.25) is 0 Å². The van der Waals surface area contributed by atoms with Gasteiger partial charge in [-0.2, -0.15) is 0 Å². The lowest BCUT2D eigenvalue weighted by molar-refractivity contribution is -0.139. The number of ether oxygens (including phenoxy) is 1. The van der Waals surface area contributed by atoms with Crippen molar-refractivity contribution in [3.63, 3.8) is 0 Å². The van der Waals surface area contributed by atoms with E-state index in [1.807, 2.05) is 30.3 Å². The van der Waals surface area contributed by atoms with Crippen LogP contribution in [0.2, 0.25) is 0 Å². The molecule has 0 unspecified atom stereocenters.